The van der Waals surface area contributed by atoms with Crippen LogP contribution in [0.4, 0.5) is 4.79 Å². The Kier molecular flexibility index (Phi) is 8.77. The molecule has 1 unspecified atom stereocenters. The van der Waals surface area contributed by atoms with Crippen LogP contribution in [0.25, 0.3) is 0 Å². The van der Waals surface area contributed by atoms with Gasteiger partial charge in [0.25, 0.3) is 0 Å². The normalized spacial score (nSPS) is 17.8. The number of guanidine groups is 1. The lowest BCUT2D eigenvalue weighted by Crippen LogP contribution is -2.44. The topological polar surface area (TPSA) is 75.0 Å². The van der Waals surface area contributed by atoms with Gasteiger partial charge in [0.05, 0.1) is 5.69 Å². The van der Waals surface area contributed by atoms with Crippen molar-refractivity contribution in [3.63, 3.8) is 0 Å². The maximum Gasteiger partial charge on any atom is 0.410 e. The minimum atomic E-state index is -0.452. The molecule has 1 atom stereocenters. The van der Waals surface area contributed by atoms with E-state index in [-0.39, 0.29) is 6.09 Å². The molecule has 0 spiro atoms. The summed E-state index contributed by atoms with van der Waals surface area (Å²) >= 11 is 0. The molecule has 1 aromatic rings. The Balaban J connectivity index is 1.84. The Labute approximate surface area is 188 Å². The molecule has 8 heteroatoms. The highest BCUT2D eigenvalue weighted by molar-refractivity contribution is 5.79. The van der Waals surface area contributed by atoms with E-state index in [1.807, 2.05) is 44.4 Å². The van der Waals surface area contributed by atoms with Gasteiger partial charge >= 0.3 is 6.09 Å². The zero-order valence-electron chi connectivity index (χ0n) is 20.7. The number of hydrogen-bond acceptors (Lipinski definition) is 4. The van der Waals surface area contributed by atoms with Gasteiger partial charge in [-0.25, -0.2) is 4.79 Å². The van der Waals surface area contributed by atoms with Crippen molar-refractivity contribution < 1.29 is 9.53 Å². The first-order valence-corrected chi connectivity index (χ1v) is 11.4. The van der Waals surface area contributed by atoms with Gasteiger partial charge in [-0.1, -0.05) is 13.8 Å². The van der Waals surface area contributed by atoms with Crippen molar-refractivity contribution in [2.45, 2.75) is 71.9 Å². The summed E-state index contributed by atoms with van der Waals surface area (Å²) in [5.41, 5.74) is 1.91. The van der Waals surface area contributed by atoms with Crippen LogP contribution >= 0.6 is 0 Å². The average molecular weight is 435 g/mol. The molecule has 1 saturated heterocycles. The smallest absolute Gasteiger partial charge is 0.410 e. The summed E-state index contributed by atoms with van der Waals surface area (Å²) in [5.74, 6) is 1.74. The number of piperidine rings is 1. The minimum absolute atomic E-state index is 0.196. The first-order chi connectivity index (χ1) is 14.5. The maximum atomic E-state index is 12.4. The number of ether oxygens (including phenoxy) is 1. The lowest BCUT2D eigenvalue weighted by atomic mass is 9.95. The highest BCUT2D eigenvalue weighted by Crippen LogP contribution is 2.22. The molecular weight excluding hydrogens is 392 g/mol. The molecule has 31 heavy (non-hydrogen) atoms. The van der Waals surface area contributed by atoms with Crippen molar-refractivity contribution in [2.24, 2.45) is 18.0 Å². The van der Waals surface area contributed by atoms with Crippen LogP contribution in [0.2, 0.25) is 0 Å². The molecule has 2 rings (SSSR count). The van der Waals surface area contributed by atoms with E-state index in [0.29, 0.717) is 11.8 Å². The molecule has 1 aliphatic rings. The van der Waals surface area contributed by atoms with Gasteiger partial charge in [-0.2, -0.15) is 5.10 Å². The maximum absolute atomic E-state index is 12.4. The van der Waals surface area contributed by atoms with Gasteiger partial charge in [0.15, 0.2) is 5.96 Å². The van der Waals surface area contributed by atoms with Gasteiger partial charge < -0.3 is 19.9 Å². The second kappa shape index (κ2) is 10.9. The molecule has 0 saturated carbocycles. The molecule has 2 heterocycles. The number of likely N-dealkylation sites (tertiary alicyclic amines) is 1. The fourth-order valence-corrected chi connectivity index (χ4v) is 4.06. The van der Waals surface area contributed by atoms with Crippen molar-refractivity contribution in [1.82, 2.24) is 24.9 Å². The molecule has 1 N–H and O–H groups in total. The number of aryl methyl sites for hydroxylation is 1. The first-order valence-electron chi connectivity index (χ1n) is 11.4. The van der Waals surface area contributed by atoms with Crippen LogP contribution in [0, 0.1) is 5.92 Å². The Morgan fingerprint density at radius 1 is 1.42 bits per heavy atom. The van der Waals surface area contributed by atoms with Crippen LogP contribution in [-0.2, 0) is 18.3 Å². The van der Waals surface area contributed by atoms with E-state index in [2.05, 4.69) is 47.4 Å². The van der Waals surface area contributed by atoms with Crippen molar-refractivity contribution in [1.29, 1.82) is 0 Å². The van der Waals surface area contributed by atoms with E-state index < -0.39 is 5.60 Å². The molecule has 0 aliphatic carbocycles. The lowest BCUT2D eigenvalue weighted by Gasteiger charge is -2.34. The third-order valence-corrected chi connectivity index (χ3v) is 5.47. The summed E-state index contributed by atoms with van der Waals surface area (Å²) in [6, 6.07) is 0. The number of amides is 1. The van der Waals surface area contributed by atoms with Crippen molar-refractivity contribution in [3.8, 4) is 0 Å². The van der Waals surface area contributed by atoms with E-state index in [1.54, 1.807) is 0 Å². The van der Waals surface area contributed by atoms with Gasteiger partial charge in [0.2, 0.25) is 0 Å². The molecule has 8 nitrogen and oxygen atoms in total. The van der Waals surface area contributed by atoms with Gasteiger partial charge in [0, 0.05) is 59.1 Å². The summed E-state index contributed by atoms with van der Waals surface area (Å²) in [6.07, 6.45) is 5.06. The summed E-state index contributed by atoms with van der Waals surface area (Å²) < 4.78 is 7.42. The molecular formula is C23H42N6O2. The van der Waals surface area contributed by atoms with E-state index >= 15 is 0 Å². The number of nitrogens with zero attached hydrogens (tertiary/aromatic N) is 5. The van der Waals surface area contributed by atoms with Gasteiger partial charge in [-0.05, 0) is 51.9 Å². The zero-order valence-corrected chi connectivity index (χ0v) is 20.7. The Morgan fingerprint density at radius 3 is 2.74 bits per heavy atom. The second-order valence-corrected chi connectivity index (χ2v) is 9.92. The summed E-state index contributed by atoms with van der Waals surface area (Å²) in [5, 5.41) is 8.09. The second-order valence-electron chi connectivity index (χ2n) is 9.92. The molecule has 1 fully saturated rings. The van der Waals surface area contributed by atoms with E-state index in [4.69, 9.17) is 4.74 Å². The number of nitrogens with one attached hydrogen (secondary N) is 1. The van der Waals surface area contributed by atoms with Gasteiger partial charge in [-0.3, -0.25) is 9.67 Å². The Bertz CT molecular complexity index is 750. The Hall–Kier alpha value is -2.25. The van der Waals surface area contributed by atoms with Gasteiger partial charge in [-0.15, -0.1) is 0 Å². The molecule has 176 valence electrons. The average Bonchev–Trinajstić information content (AvgIpc) is 3.04. The summed E-state index contributed by atoms with van der Waals surface area (Å²) in [4.78, 5) is 20.8. The highest BCUT2D eigenvalue weighted by atomic mass is 16.6. The fraction of sp³-hybridized carbons (Fsp3) is 0.783. The number of carbonyl (C=O) groups excluding carboxylic acids is 1. The number of hydrogen-bond donors (Lipinski definition) is 1. The Morgan fingerprint density at radius 2 is 2.13 bits per heavy atom. The van der Waals surface area contributed by atoms with E-state index in [9.17, 15) is 4.79 Å². The molecule has 0 bridgehead atoms. The van der Waals surface area contributed by atoms with Crippen LogP contribution in [0.15, 0.2) is 11.2 Å². The van der Waals surface area contributed by atoms with Crippen molar-refractivity contribution in [2.75, 3.05) is 33.7 Å². The van der Waals surface area contributed by atoms with Gasteiger partial charge in [0.1, 0.15) is 5.60 Å². The predicted octanol–water partition coefficient (Wildman–Crippen LogP) is 3.59. The molecule has 0 aromatic carbocycles. The fourth-order valence-electron chi connectivity index (χ4n) is 4.06. The highest BCUT2D eigenvalue weighted by Gasteiger charge is 2.27. The van der Waals surface area contributed by atoms with E-state index in [0.717, 1.165) is 57.1 Å². The van der Waals surface area contributed by atoms with Crippen molar-refractivity contribution >= 4 is 12.1 Å². The summed E-state index contributed by atoms with van der Waals surface area (Å²) in [7, 11) is 5.83. The number of aliphatic imine (C=N–C) groups is 1. The third kappa shape index (κ3) is 7.74. The zero-order chi connectivity index (χ0) is 23.2. The minimum Gasteiger partial charge on any atom is -0.444 e. The number of rotatable bonds is 6. The predicted molar refractivity (Wildman–Crippen MR) is 125 cm³/mol. The van der Waals surface area contributed by atoms with Crippen LogP contribution in [0.5, 0.6) is 0 Å². The lowest BCUT2D eigenvalue weighted by molar-refractivity contribution is 0.0162. The quantitative estimate of drug-likeness (QED) is 0.547. The first kappa shape index (κ1) is 25.0. The van der Waals surface area contributed by atoms with Crippen LogP contribution in [0.3, 0.4) is 0 Å². The molecule has 1 aliphatic heterocycles. The molecule has 1 amide bonds. The largest absolute Gasteiger partial charge is 0.444 e. The SMILES string of the molecule is CN=C(NCCC1CCCN(C(=O)OC(C)(C)C)C1)N(C)Cc1cn(C)nc1C(C)C. The molecule has 1 aromatic heterocycles. The summed E-state index contributed by atoms with van der Waals surface area (Å²) in [6.45, 7) is 13.2. The van der Waals surface area contributed by atoms with Crippen LogP contribution < -0.4 is 5.32 Å². The van der Waals surface area contributed by atoms with Crippen molar-refractivity contribution in [3.05, 3.63) is 17.5 Å². The van der Waals surface area contributed by atoms with Crippen LogP contribution in [-0.4, -0.2) is 71.0 Å². The van der Waals surface area contributed by atoms with Crippen LogP contribution in [0.1, 0.15) is 71.1 Å². The van der Waals surface area contributed by atoms with E-state index in [1.165, 1.54) is 5.56 Å². The third-order valence-electron chi connectivity index (χ3n) is 5.47. The molecule has 0 radical (unpaired) electrons. The monoisotopic (exact) mass is 434 g/mol. The number of aromatic nitrogens is 2. The number of carbonyl (C=O) groups is 1. The standard InChI is InChI=1S/C23H42N6O2/c1-17(2)20-19(16-28(8)26-20)15-27(7)21(24-6)25-12-11-18-10-9-13-29(14-18)22(30)31-23(3,4)5/h16-18H,9-15H2,1-8H3,(H,24,25).